The van der Waals surface area contributed by atoms with Gasteiger partial charge in [-0.05, 0) is 44.0 Å². The highest BCUT2D eigenvalue weighted by Crippen LogP contribution is 2.17. The molecule has 0 radical (unpaired) electrons. The van der Waals surface area contributed by atoms with E-state index in [2.05, 4.69) is 21.2 Å². The van der Waals surface area contributed by atoms with Crippen LogP contribution in [-0.4, -0.2) is 31.3 Å². The van der Waals surface area contributed by atoms with Crippen molar-refractivity contribution in [3.63, 3.8) is 0 Å². The Morgan fingerprint density at radius 1 is 1.53 bits per heavy atom. The van der Waals surface area contributed by atoms with Crippen LogP contribution in [0.5, 0.6) is 5.75 Å². The molecule has 1 aliphatic heterocycles. The van der Waals surface area contributed by atoms with Gasteiger partial charge in [-0.2, -0.15) is 0 Å². The van der Waals surface area contributed by atoms with Crippen molar-refractivity contribution in [2.24, 2.45) is 0 Å². The normalized spacial score (nSPS) is 20.0. The van der Waals surface area contributed by atoms with Crippen LogP contribution in [0.15, 0.2) is 28.7 Å². The number of amides is 1. The molecule has 1 amide bonds. The van der Waals surface area contributed by atoms with Gasteiger partial charge in [0.15, 0.2) is 6.61 Å². The lowest BCUT2D eigenvalue weighted by molar-refractivity contribution is -0.124. The maximum absolute atomic E-state index is 11.7. The van der Waals surface area contributed by atoms with E-state index in [-0.39, 0.29) is 24.7 Å². The van der Waals surface area contributed by atoms with Gasteiger partial charge < -0.3 is 14.8 Å². The van der Waals surface area contributed by atoms with Crippen LogP contribution in [0.25, 0.3) is 0 Å². The Labute approximate surface area is 121 Å². The topological polar surface area (TPSA) is 47.6 Å². The first-order chi connectivity index (χ1) is 9.15. The first-order valence-electron chi connectivity index (χ1n) is 6.44. The monoisotopic (exact) mass is 327 g/mol. The molecule has 2 rings (SSSR count). The van der Waals surface area contributed by atoms with Gasteiger partial charge in [-0.15, -0.1) is 0 Å². The molecule has 4 nitrogen and oxygen atoms in total. The van der Waals surface area contributed by atoms with Crippen LogP contribution in [-0.2, 0) is 9.53 Å². The molecule has 5 heteroatoms. The van der Waals surface area contributed by atoms with Gasteiger partial charge in [0.05, 0.1) is 12.1 Å². The fraction of sp³-hybridized carbons (Fsp3) is 0.500. The summed E-state index contributed by atoms with van der Waals surface area (Å²) in [6.07, 6.45) is 2.21. The molecule has 0 unspecified atom stereocenters. The lowest BCUT2D eigenvalue weighted by Crippen LogP contribution is -2.42. The second-order valence-electron chi connectivity index (χ2n) is 4.65. The van der Waals surface area contributed by atoms with E-state index in [0.717, 1.165) is 23.9 Å². The first-order valence-corrected chi connectivity index (χ1v) is 7.24. The molecular formula is C14H18BrNO3. The number of nitrogens with one attached hydrogen (secondary N) is 1. The smallest absolute Gasteiger partial charge is 0.258 e. The number of hydrogen-bond donors (Lipinski definition) is 1. The van der Waals surface area contributed by atoms with Crippen molar-refractivity contribution in [1.29, 1.82) is 0 Å². The van der Waals surface area contributed by atoms with Gasteiger partial charge in [-0.1, -0.05) is 15.9 Å². The lowest BCUT2D eigenvalue weighted by Gasteiger charge is -2.20. The van der Waals surface area contributed by atoms with E-state index in [4.69, 9.17) is 9.47 Å². The van der Waals surface area contributed by atoms with Gasteiger partial charge in [0.25, 0.3) is 5.91 Å². The van der Waals surface area contributed by atoms with Crippen molar-refractivity contribution in [3.8, 4) is 5.75 Å². The number of carbonyl (C=O) groups excluding carboxylic acids is 1. The van der Waals surface area contributed by atoms with E-state index in [1.54, 1.807) is 0 Å². The molecule has 104 valence electrons. The molecule has 1 aromatic carbocycles. The fourth-order valence-electron chi connectivity index (χ4n) is 2.07. The van der Waals surface area contributed by atoms with Gasteiger partial charge in [0, 0.05) is 11.1 Å². The number of halogens is 1. The zero-order valence-electron chi connectivity index (χ0n) is 10.9. The van der Waals surface area contributed by atoms with Crippen LogP contribution >= 0.6 is 15.9 Å². The third-order valence-electron chi connectivity index (χ3n) is 3.09. The van der Waals surface area contributed by atoms with Crippen molar-refractivity contribution in [1.82, 2.24) is 5.32 Å². The predicted molar refractivity (Wildman–Crippen MR) is 76.2 cm³/mol. The summed E-state index contributed by atoms with van der Waals surface area (Å²) in [5, 5.41) is 2.91. The number of ether oxygens (including phenoxy) is 2. The van der Waals surface area contributed by atoms with E-state index in [9.17, 15) is 4.79 Å². The van der Waals surface area contributed by atoms with Crippen LogP contribution in [0, 0.1) is 0 Å². The molecule has 0 saturated carbocycles. The molecule has 1 heterocycles. The number of rotatable bonds is 5. The standard InChI is InChI=1S/C14H18BrNO3/c1-10(13-3-2-8-18-13)16-14(17)9-19-12-6-4-11(15)5-7-12/h4-7,10,13H,2-3,8-9H2,1H3,(H,16,17)/t10-,13+/m1/s1. The number of hydrogen-bond acceptors (Lipinski definition) is 3. The minimum absolute atomic E-state index is 0.0265. The minimum Gasteiger partial charge on any atom is -0.484 e. The van der Waals surface area contributed by atoms with Gasteiger partial charge in [0.2, 0.25) is 0 Å². The van der Waals surface area contributed by atoms with Crippen LogP contribution in [0.4, 0.5) is 0 Å². The SMILES string of the molecule is C[C@@H](NC(=O)COc1ccc(Br)cc1)[C@@H]1CCCO1. The van der Waals surface area contributed by atoms with Crippen LogP contribution < -0.4 is 10.1 Å². The third-order valence-corrected chi connectivity index (χ3v) is 3.62. The molecule has 1 saturated heterocycles. The average Bonchev–Trinajstić information content (AvgIpc) is 2.92. The molecule has 0 bridgehead atoms. The minimum atomic E-state index is -0.120. The van der Waals surface area contributed by atoms with Gasteiger partial charge in [0.1, 0.15) is 5.75 Å². The Bertz CT molecular complexity index is 415. The molecule has 19 heavy (non-hydrogen) atoms. The molecule has 0 spiro atoms. The first kappa shape index (κ1) is 14.3. The van der Waals surface area contributed by atoms with Crippen LogP contribution in [0.1, 0.15) is 19.8 Å². The predicted octanol–water partition coefficient (Wildman–Crippen LogP) is 2.51. The maximum Gasteiger partial charge on any atom is 0.258 e. The summed E-state index contributed by atoms with van der Waals surface area (Å²) in [5.74, 6) is 0.564. The molecule has 1 aliphatic rings. The molecule has 2 atom stereocenters. The Morgan fingerprint density at radius 3 is 2.89 bits per heavy atom. The largest absolute Gasteiger partial charge is 0.484 e. The van der Waals surface area contributed by atoms with Crippen molar-refractivity contribution < 1.29 is 14.3 Å². The Kier molecular flexibility index (Phi) is 5.22. The molecule has 0 aliphatic carbocycles. The van der Waals surface area contributed by atoms with Crippen molar-refractivity contribution in [2.45, 2.75) is 31.9 Å². The van der Waals surface area contributed by atoms with Gasteiger partial charge in [-0.25, -0.2) is 0 Å². The summed E-state index contributed by atoms with van der Waals surface area (Å²) in [6, 6.07) is 7.43. The van der Waals surface area contributed by atoms with Gasteiger partial charge >= 0.3 is 0 Å². The van der Waals surface area contributed by atoms with Crippen LogP contribution in [0.3, 0.4) is 0 Å². The molecule has 1 aromatic rings. The second-order valence-corrected chi connectivity index (χ2v) is 5.57. The zero-order chi connectivity index (χ0) is 13.7. The Balaban J connectivity index is 1.73. The summed E-state index contributed by atoms with van der Waals surface area (Å²) in [5.41, 5.74) is 0. The van der Waals surface area contributed by atoms with E-state index in [1.807, 2.05) is 31.2 Å². The highest BCUT2D eigenvalue weighted by Gasteiger charge is 2.23. The zero-order valence-corrected chi connectivity index (χ0v) is 12.5. The van der Waals surface area contributed by atoms with Crippen molar-refractivity contribution in [2.75, 3.05) is 13.2 Å². The Hall–Kier alpha value is -1.07. The third kappa shape index (κ3) is 4.51. The molecule has 1 fully saturated rings. The van der Waals surface area contributed by atoms with E-state index in [1.165, 1.54) is 0 Å². The number of benzene rings is 1. The fourth-order valence-corrected chi connectivity index (χ4v) is 2.33. The summed E-state index contributed by atoms with van der Waals surface area (Å²) in [7, 11) is 0. The lowest BCUT2D eigenvalue weighted by atomic mass is 10.1. The highest BCUT2D eigenvalue weighted by atomic mass is 79.9. The summed E-state index contributed by atoms with van der Waals surface area (Å²) >= 11 is 3.35. The van der Waals surface area contributed by atoms with E-state index >= 15 is 0 Å². The highest BCUT2D eigenvalue weighted by molar-refractivity contribution is 9.10. The molecule has 1 N–H and O–H groups in total. The quantitative estimate of drug-likeness (QED) is 0.903. The van der Waals surface area contributed by atoms with E-state index < -0.39 is 0 Å². The summed E-state index contributed by atoms with van der Waals surface area (Å²) < 4.78 is 11.9. The van der Waals surface area contributed by atoms with Gasteiger partial charge in [-0.3, -0.25) is 4.79 Å². The average molecular weight is 328 g/mol. The number of carbonyl (C=O) groups is 1. The molecular weight excluding hydrogens is 310 g/mol. The summed E-state index contributed by atoms with van der Waals surface area (Å²) in [6.45, 7) is 2.78. The van der Waals surface area contributed by atoms with E-state index in [0.29, 0.717) is 5.75 Å². The van der Waals surface area contributed by atoms with Crippen LogP contribution in [0.2, 0.25) is 0 Å². The molecule has 0 aromatic heterocycles. The summed E-state index contributed by atoms with van der Waals surface area (Å²) in [4.78, 5) is 11.7. The Morgan fingerprint density at radius 2 is 2.26 bits per heavy atom. The second kappa shape index (κ2) is 6.91. The van der Waals surface area contributed by atoms with Crippen molar-refractivity contribution in [3.05, 3.63) is 28.7 Å². The maximum atomic E-state index is 11.7. The van der Waals surface area contributed by atoms with Crippen molar-refractivity contribution >= 4 is 21.8 Å².